The highest BCUT2D eigenvalue weighted by Crippen LogP contribution is 2.22. The third-order valence-corrected chi connectivity index (χ3v) is 5.02. The Kier molecular flexibility index (Phi) is 6.26. The van der Waals surface area contributed by atoms with Crippen LogP contribution in [0.5, 0.6) is 0 Å². The number of hydrogen-bond donors (Lipinski definition) is 3. The number of aromatic nitrogens is 2. The molecule has 0 radical (unpaired) electrons. The van der Waals surface area contributed by atoms with Crippen molar-refractivity contribution in [2.24, 2.45) is 0 Å². The molecule has 1 aliphatic heterocycles. The lowest BCUT2D eigenvalue weighted by atomic mass is 10.1. The van der Waals surface area contributed by atoms with Gasteiger partial charge in [0, 0.05) is 36.2 Å². The van der Waals surface area contributed by atoms with Crippen LogP contribution < -0.4 is 20.9 Å². The van der Waals surface area contributed by atoms with Crippen molar-refractivity contribution in [2.45, 2.75) is 26.2 Å². The third kappa shape index (κ3) is 5.48. The van der Waals surface area contributed by atoms with Gasteiger partial charge in [-0.3, -0.25) is 0 Å². The molecule has 2 heterocycles. The summed E-state index contributed by atoms with van der Waals surface area (Å²) in [5.74, 6) is 0.998. The molecule has 1 aliphatic rings. The Morgan fingerprint density at radius 2 is 1.65 bits per heavy atom. The van der Waals surface area contributed by atoms with E-state index in [2.05, 4.69) is 30.8 Å². The molecule has 0 saturated carbocycles. The number of carbonyl (C=O) groups is 1. The van der Waals surface area contributed by atoms with Gasteiger partial charge < -0.3 is 20.9 Å². The van der Waals surface area contributed by atoms with E-state index in [1.54, 1.807) is 24.3 Å². The highest BCUT2D eigenvalue weighted by atomic mass is 19.1. The second-order valence-corrected chi connectivity index (χ2v) is 7.50. The van der Waals surface area contributed by atoms with Crippen LogP contribution in [0.15, 0.2) is 54.6 Å². The predicted molar refractivity (Wildman–Crippen MR) is 122 cm³/mol. The zero-order valence-electron chi connectivity index (χ0n) is 17.4. The second-order valence-electron chi connectivity index (χ2n) is 7.50. The van der Waals surface area contributed by atoms with Crippen molar-refractivity contribution in [2.75, 3.05) is 33.9 Å². The Morgan fingerprint density at radius 1 is 0.935 bits per heavy atom. The number of urea groups is 1. The van der Waals surface area contributed by atoms with E-state index in [4.69, 9.17) is 0 Å². The largest absolute Gasteiger partial charge is 0.341 e. The van der Waals surface area contributed by atoms with Crippen molar-refractivity contribution in [3.05, 3.63) is 66.1 Å². The molecule has 3 N–H and O–H groups in total. The lowest BCUT2D eigenvalue weighted by Gasteiger charge is -2.27. The first-order valence-electron chi connectivity index (χ1n) is 10.4. The van der Waals surface area contributed by atoms with E-state index < -0.39 is 11.8 Å². The van der Waals surface area contributed by atoms with E-state index in [-0.39, 0.29) is 5.69 Å². The van der Waals surface area contributed by atoms with Gasteiger partial charge in [0.05, 0.1) is 5.69 Å². The van der Waals surface area contributed by atoms with E-state index in [1.165, 1.54) is 31.4 Å². The fourth-order valence-corrected chi connectivity index (χ4v) is 3.48. The van der Waals surface area contributed by atoms with Crippen LogP contribution in [0.25, 0.3) is 0 Å². The van der Waals surface area contributed by atoms with Crippen LogP contribution in [0.2, 0.25) is 0 Å². The van der Waals surface area contributed by atoms with E-state index in [9.17, 15) is 9.18 Å². The average molecular weight is 420 g/mol. The van der Waals surface area contributed by atoms with Crippen molar-refractivity contribution in [3.63, 3.8) is 0 Å². The number of hydrogen-bond acceptors (Lipinski definition) is 5. The van der Waals surface area contributed by atoms with Crippen molar-refractivity contribution in [1.29, 1.82) is 0 Å². The normalized spacial score (nSPS) is 13.5. The highest BCUT2D eigenvalue weighted by Gasteiger charge is 2.15. The van der Waals surface area contributed by atoms with Crippen LogP contribution in [-0.4, -0.2) is 29.1 Å². The summed E-state index contributed by atoms with van der Waals surface area (Å²) in [5, 5.41) is 8.48. The first-order chi connectivity index (χ1) is 15.1. The number of carbonyl (C=O) groups excluding carboxylic acids is 1. The Morgan fingerprint density at radius 3 is 2.39 bits per heavy atom. The van der Waals surface area contributed by atoms with Crippen LogP contribution in [0.1, 0.15) is 25.0 Å². The van der Waals surface area contributed by atoms with Gasteiger partial charge in [-0.05, 0) is 62.6 Å². The molecule has 0 atom stereocenters. The molecule has 1 aromatic heterocycles. The summed E-state index contributed by atoms with van der Waals surface area (Å²) in [6.45, 7) is 3.93. The van der Waals surface area contributed by atoms with Crippen LogP contribution >= 0.6 is 0 Å². The van der Waals surface area contributed by atoms with E-state index in [0.29, 0.717) is 5.69 Å². The lowest BCUT2D eigenvalue weighted by Crippen LogP contribution is -2.31. The SMILES string of the molecule is Cc1cc(Nc2ccc(NC(=O)Nc3ccccc3F)cc2)nc(N2CCCCC2)n1. The molecule has 160 valence electrons. The first-order valence-corrected chi connectivity index (χ1v) is 10.4. The van der Waals surface area contributed by atoms with Crippen molar-refractivity contribution in [1.82, 2.24) is 9.97 Å². The number of nitrogens with one attached hydrogen (secondary N) is 3. The molecule has 2 amide bonds. The summed E-state index contributed by atoms with van der Waals surface area (Å²) in [5.41, 5.74) is 2.46. The number of nitrogens with zero attached hydrogens (tertiary/aromatic N) is 3. The smallest absolute Gasteiger partial charge is 0.323 e. The minimum absolute atomic E-state index is 0.127. The number of rotatable bonds is 5. The Labute approximate surface area is 180 Å². The first kappa shape index (κ1) is 20.6. The molecule has 1 fully saturated rings. The highest BCUT2D eigenvalue weighted by molar-refractivity contribution is 5.99. The van der Waals surface area contributed by atoms with Gasteiger partial charge in [0.15, 0.2) is 0 Å². The number of anilines is 5. The summed E-state index contributed by atoms with van der Waals surface area (Å²) in [7, 11) is 0. The monoisotopic (exact) mass is 420 g/mol. The van der Waals surface area contributed by atoms with E-state index >= 15 is 0 Å². The molecule has 0 aliphatic carbocycles. The van der Waals surface area contributed by atoms with Crippen molar-refractivity contribution < 1.29 is 9.18 Å². The molecular weight excluding hydrogens is 395 g/mol. The second kappa shape index (κ2) is 9.42. The quantitative estimate of drug-likeness (QED) is 0.522. The molecule has 4 rings (SSSR count). The summed E-state index contributed by atoms with van der Waals surface area (Å²) in [4.78, 5) is 23.6. The molecule has 0 spiro atoms. The van der Waals surface area contributed by atoms with E-state index in [0.717, 1.165) is 36.2 Å². The average Bonchev–Trinajstić information content (AvgIpc) is 2.77. The molecule has 8 heteroatoms. The molecular formula is C23H25FN6O. The maximum atomic E-state index is 13.7. The van der Waals surface area contributed by atoms with Gasteiger partial charge in [-0.25, -0.2) is 14.2 Å². The van der Waals surface area contributed by atoms with Gasteiger partial charge in [-0.15, -0.1) is 0 Å². The number of piperidine rings is 1. The zero-order valence-corrected chi connectivity index (χ0v) is 17.4. The Bertz CT molecular complexity index is 1050. The summed E-state index contributed by atoms with van der Waals surface area (Å²) in [6.07, 6.45) is 3.59. The van der Waals surface area contributed by atoms with Gasteiger partial charge >= 0.3 is 6.03 Å². The molecule has 7 nitrogen and oxygen atoms in total. The molecule has 1 saturated heterocycles. The number of amides is 2. The molecule has 3 aromatic rings. The molecule has 2 aromatic carbocycles. The van der Waals surface area contributed by atoms with Crippen molar-refractivity contribution >= 4 is 34.9 Å². The topological polar surface area (TPSA) is 82.2 Å². The summed E-state index contributed by atoms with van der Waals surface area (Å²) < 4.78 is 13.7. The van der Waals surface area contributed by atoms with Crippen LogP contribution in [0, 0.1) is 12.7 Å². The number of aryl methyl sites for hydroxylation is 1. The Hall–Kier alpha value is -3.68. The van der Waals surface area contributed by atoms with Crippen LogP contribution in [-0.2, 0) is 0 Å². The standard InChI is InChI=1S/C23H25FN6O/c1-16-15-21(29-22(25-16)30-13-5-2-6-14-30)26-17-9-11-18(12-10-17)27-23(31)28-20-8-4-3-7-19(20)24/h3-4,7-12,15H,2,5-6,13-14H2,1H3,(H,25,26,29)(H2,27,28,31). The van der Waals surface area contributed by atoms with Crippen LogP contribution in [0.3, 0.4) is 0 Å². The third-order valence-electron chi connectivity index (χ3n) is 5.02. The van der Waals surface area contributed by atoms with Gasteiger partial charge in [0.2, 0.25) is 5.95 Å². The predicted octanol–water partition coefficient (Wildman–Crippen LogP) is 5.30. The fraction of sp³-hybridized carbons (Fsp3) is 0.261. The molecule has 0 bridgehead atoms. The minimum atomic E-state index is -0.511. The number of halogens is 1. The minimum Gasteiger partial charge on any atom is -0.341 e. The fourth-order valence-electron chi connectivity index (χ4n) is 3.48. The van der Waals surface area contributed by atoms with Gasteiger partial charge in [-0.1, -0.05) is 12.1 Å². The maximum Gasteiger partial charge on any atom is 0.323 e. The van der Waals surface area contributed by atoms with E-state index in [1.807, 2.05) is 25.1 Å². The number of benzene rings is 2. The zero-order chi connectivity index (χ0) is 21.6. The van der Waals surface area contributed by atoms with Crippen molar-refractivity contribution in [3.8, 4) is 0 Å². The van der Waals surface area contributed by atoms with Gasteiger partial charge in [0.1, 0.15) is 11.6 Å². The molecule has 31 heavy (non-hydrogen) atoms. The van der Waals surface area contributed by atoms with Gasteiger partial charge in [-0.2, -0.15) is 4.98 Å². The summed E-state index contributed by atoms with van der Waals surface area (Å²) >= 11 is 0. The maximum absolute atomic E-state index is 13.7. The molecule has 0 unspecified atom stereocenters. The summed E-state index contributed by atoms with van der Waals surface area (Å²) in [6, 6.07) is 14.6. The number of para-hydroxylation sites is 1. The van der Waals surface area contributed by atoms with Crippen LogP contribution in [0.4, 0.5) is 38.0 Å². The Balaban J connectivity index is 1.39. The van der Waals surface area contributed by atoms with Gasteiger partial charge in [0.25, 0.3) is 0 Å². The lowest BCUT2D eigenvalue weighted by molar-refractivity contribution is 0.262.